The number of nitrogen functional groups attached to an aromatic ring is 1. The molecule has 0 bridgehead atoms. The monoisotopic (exact) mass is 290 g/mol. The largest absolute Gasteiger partial charge is 0.384 e. The zero-order chi connectivity index (χ0) is 14.5. The number of anilines is 2. The Labute approximate surface area is 120 Å². The lowest BCUT2D eigenvalue weighted by Crippen LogP contribution is -2.23. The second-order valence-electron chi connectivity index (χ2n) is 4.04. The third-order valence-electron chi connectivity index (χ3n) is 2.31. The van der Waals surface area contributed by atoms with Gasteiger partial charge in [-0.2, -0.15) is 0 Å². The third-order valence-corrected chi connectivity index (χ3v) is 3.27. The number of thioether (sulfide) groups is 1. The lowest BCUT2D eigenvalue weighted by Gasteiger charge is -2.10. The van der Waals surface area contributed by atoms with Crippen LogP contribution in [0.3, 0.4) is 0 Å². The fraction of sp³-hybridized carbons (Fsp3) is 0.250. The molecule has 0 aliphatic rings. The molecule has 0 saturated carbocycles. The maximum Gasteiger partial charge on any atom is 0.240 e. The normalized spacial score (nSPS) is 11.9. The van der Waals surface area contributed by atoms with Crippen LogP contribution in [-0.4, -0.2) is 31.1 Å². The van der Waals surface area contributed by atoms with E-state index in [-0.39, 0.29) is 17.1 Å². The summed E-state index contributed by atoms with van der Waals surface area (Å²) in [4.78, 5) is 28.2. The second kappa shape index (κ2) is 6.29. The summed E-state index contributed by atoms with van der Waals surface area (Å²) in [7, 11) is 0. The molecule has 0 spiro atoms. The van der Waals surface area contributed by atoms with E-state index >= 15 is 0 Å². The second-order valence-corrected chi connectivity index (χ2v) is 5.35. The van der Waals surface area contributed by atoms with E-state index in [0.29, 0.717) is 11.0 Å². The molecule has 0 radical (unpaired) electrons. The van der Waals surface area contributed by atoms with Crippen molar-refractivity contribution in [3.63, 3.8) is 0 Å². The summed E-state index contributed by atoms with van der Waals surface area (Å²) in [6, 6.07) is 3.35. The molecule has 1 amide bonds. The highest BCUT2D eigenvalue weighted by Gasteiger charge is 2.17. The van der Waals surface area contributed by atoms with Gasteiger partial charge in [0.05, 0.1) is 5.25 Å². The van der Waals surface area contributed by atoms with Gasteiger partial charge in [-0.25, -0.2) is 19.9 Å². The predicted octanol–water partition coefficient (Wildman–Crippen LogP) is 1.28. The van der Waals surface area contributed by atoms with Gasteiger partial charge >= 0.3 is 0 Å². The van der Waals surface area contributed by atoms with Crippen molar-refractivity contribution in [2.45, 2.75) is 24.3 Å². The lowest BCUT2D eigenvalue weighted by molar-refractivity contribution is -0.115. The summed E-state index contributed by atoms with van der Waals surface area (Å²) in [5.41, 5.74) is 6.41. The Morgan fingerprint density at radius 2 is 2.05 bits per heavy atom. The SMILES string of the molecule is Cc1cc(N)nc(SC(C)C(=O)Nc2ncccn2)n1. The standard InChI is InChI=1S/C12H14N6OS/c1-7-6-9(13)17-12(16-7)20-8(2)10(19)18-11-14-4-3-5-15-11/h3-6,8H,1-2H3,(H2,13,16,17)(H,14,15,18,19). The van der Waals surface area contributed by atoms with E-state index in [1.54, 1.807) is 31.5 Å². The fourth-order valence-corrected chi connectivity index (χ4v) is 2.24. The van der Waals surface area contributed by atoms with Crippen molar-refractivity contribution in [3.8, 4) is 0 Å². The summed E-state index contributed by atoms with van der Waals surface area (Å²) in [5.74, 6) is 0.443. The molecule has 7 nitrogen and oxygen atoms in total. The molecule has 1 atom stereocenters. The van der Waals surface area contributed by atoms with Crippen molar-refractivity contribution in [3.05, 3.63) is 30.2 Å². The molecule has 2 aromatic heterocycles. The average Bonchev–Trinajstić information content (AvgIpc) is 2.38. The van der Waals surface area contributed by atoms with E-state index in [2.05, 4.69) is 25.3 Å². The van der Waals surface area contributed by atoms with Crippen LogP contribution in [-0.2, 0) is 4.79 Å². The van der Waals surface area contributed by atoms with Gasteiger partial charge < -0.3 is 5.73 Å². The highest BCUT2D eigenvalue weighted by atomic mass is 32.2. The van der Waals surface area contributed by atoms with Gasteiger partial charge in [0.25, 0.3) is 0 Å². The molecular formula is C12H14N6OS. The van der Waals surface area contributed by atoms with Gasteiger partial charge in [-0.3, -0.25) is 10.1 Å². The lowest BCUT2D eigenvalue weighted by atomic mass is 10.4. The third kappa shape index (κ3) is 3.89. The van der Waals surface area contributed by atoms with E-state index in [4.69, 9.17) is 5.73 Å². The van der Waals surface area contributed by atoms with E-state index in [1.165, 1.54) is 11.8 Å². The van der Waals surface area contributed by atoms with Crippen LogP contribution in [0.15, 0.2) is 29.7 Å². The highest BCUT2D eigenvalue weighted by molar-refractivity contribution is 8.00. The Hall–Kier alpha value is -2.22. The van der Waals surface area contributed by atoms with Crippen molar-refractivity contribution in [2.75, 3.05) is 11.1 Å². The Balaban J connectivity index is 2.00. The molecular weight excluding hydrogens is 276 g/mol. The molecule has 8 heteroatoms. The Morgan fingerprint density at radius 3 is 2.70 bits per heavy atom. The summed E-state index contributed by atoms with van der Waals surface area (Å²) in [6.07, 6.45) is 3.12. The molecule has 2 heterocycles. The number of nitrogens with two attached hydrogens (primary N) is 1. The minimum absolute atomic E-state index is 0.218. The van der Waals surface area contributed by atoms with Crippen LogP contribution in [0.1, 0.15) is 12.6 Å². The van der Waals surface area contributed by atoms with Crippen LogP contribution in [0.4, 0.5) is 11.8 Å². The fourth-order valence-electron chi connectivity index (χ4n) is 1.40. The van der Waals surface area contributed by atoms with E-state index in [1.807, 2.05) is 6.92 Å². The molecule has 0 aromatic carbocycles. The van der Waals surface area contributed by atoms with Crippen molar-refractivity contribution < 1.29 is 4.79 Å². The highest BCUT2D eigenvalue weighted by Crippen LogP contribution is 2.21. The Bertz CT molecular complexity index is 586. The first-order chi connectivity index (χ1) is 9.54. The number of carbonyl (C=O) groups is 1. The first-order valence-corrected chi connectivity index (χ1v) is 6.78. The van der Waals surface area contributed by atoms with Crippen LogP contribution in [0.5, 0.6) is 0 Å². The van der Waals surface area contributed by atoms with Crippen molar-refractivity contribution in [1.29, 1.82) is 0 Å². The quantitative estimate of drug-likeness (QED) is 0.645. The number of nitrogens with one attached hydrogen (secondary N) is 1. The predicted molar refractivity (Wildman–Crippen MR) is 77.2 cm³/mol. The summed E-state index contributed by atoms with van der Waals surface area (Å²) < 4.78 is 0. The molecule has 0 fully saturated rings. The van der Waals surface area contributed by atoms with Gasteiger partial charge in [0, 0.05) is 24.2 Å². The molecule has 0 aliphatic heterocycles. The molecule has 20 heavy (non-hydrogen) atoms. The number of amides is 1. The van der Waals surface area contributed by atoms with Crippen LogP contribution in [0.2, 0.25) is 0 Å². The van der Waals surface area contributed by atoms with Crippen LogP contribution in [0, 0.1) is 6.92 Å². The minimum Gasteiger partial charge on any atom is -0.384 e. The number of aryl methyl sites for hydroxylation is 1. The zero-order valence-electron chi connectivity index (χ0n) is 11.1. The molecule has 2 rings (SSSR count). The number of hydrogen-bond acceptors (Lipinski definition) is 7. The maximum absolute atomic E-state index is 12.0. The number of aromatic nitrogens is 4. The average molecular weight is 290 g/mol. The number of rotatable bonds is 4. The summed E-state index contributed by atoms with van der Waals surface area (Å²) in [6.45, 7) is 3.58. The Kier molecular flexibility index (Phi) is 4.46. The van der Waals surface area contributed by atoms with Crippen LogP contribution < -0.4 is 11.1 Å². The van der Waals surface area contributed by atoms with Crippen LogP contribution in [0.25, 0.3) is 0 Å². The molecule has 1 unspecified atom stereocenters. The molecule has 0 saturated heterocycles. The first-order valence-electron chi connectivity index (χ1n) is 5.90. The number of carbonyl (C=O) groups excluding carboxylic acids is 1. The summed E-state index contributed by atoms with van der Waals surface area (Å²) >= 11 is 1.23. The van der Waals surface area contributed by atoms with E-state index in [9.17, 15) is 4.79 Å². The van der Waals surface area contributed by atoms with Gasteiger partial charge in [0.15, 0.2) is 5.16 Å². The van der Waals surface area contributed by atoms with E-state index < -0.39 is 0 Å². The van der Waals surface area contributed by atoms with Gasteiger partial charge in [0.2, 0.25) is 11.9 Å². The zero-order valence-corrected chi connectivity index (χ0v) is 11.9. The van der Waals surface area contributed by atoms with Crippen molar-refractivity contribution in [1.82, 2.24) is 19.9 Å². The van der Waals surface area contributed by atoms with Gasteiger partial charge in [0.1, 0.15) is 5.82 Å². The molecule has 2 aromatic rings. The maximum atomic E-state index is 12.0. The molecule has 104 valence electrons. The smallest absolute Gasteiger partial charge is 0.240 e. The first kappa shape index (κ1) is 14.2. The molecule has 3 N–H and O–H groups in total. The van der Waals surface area contributed by atoms with Crippen molar-refractivity contribution in [2.24, 2.45) is 0 Å². The minimum atomic E-state index is -0.389. The topological polar surface area (TPSA) is 107 Å². The van der Waals surface area contributed by atoms with E-state index in [0.717, 1.165) is 5.69 Å². The number of nitrogens with zero attached hydrogens (tertiary/aromatic N) is 4. The van der Waals surface area contributed by atoms with Crippen molar-refractivity contribution >= 4 is 29.4 Å². The van der Waals surface area contributed by atoms with Gasteiger partial charge in [-0.15, -0.1) is 0 Å². The Morgan fingerprint density at radius 1 is 1.35 bits per heavy atom. The van der Waals surface area contributed by atoms with Gasteiger partial charge in [-0.05, 0) is 19.9 Å². The number of hydrogen-bond donors (Lipinski definition) is 2. The van der Waals surface area contributed by atoms with Gasteiger partial charge in [-0.1, -0.05) is 11.8 Å². The summed E-state index contributed by atoms with van der Waals surface area (Å²) in [5, 5.41) is 2.70. The van der Waals surface area contributed by atoms with Crippen LogP contribution >= 0.6 is 11.8 Å². The molecule has 0 aliphatic carbocycles.